The Balaban J connectivity index is 2.41. The van der Waals surface area contributed by atoms with Crippen LogP contribution < -0.4 is 0 Å². The molecule has 0 aliphatic rings. The van der Waals surface area contributed by atoms with Crippen molar-refractivity contribution in [2.75, 3.05) is 0 Å². The first kappa shape index (κ1) is 12.4. The van der Waals surface area contributed by atoms with E-state index in [0.29, 0.717) is 10.6 Å². The van der Waals surface area contributed by atoms with Crippen LogP contribution in [-0.4, -0.2) is 16.9 Å². The molecule has 0 aliphatic carbocycles. The summed E-state index contributed by atoms with van der Waals surface area (Å²) in [5, 5.41) is 9.06. The smallest absolute Gasteiger partial charge is 0.371 e. The van der Waals surface area contributed by atoms with Crippen LogP contribution in [0.3, 0.4) is 0 Å². The Bertz CT molecular complexity index is 628. The number of carbonyl (C=O) groups excluding carboxylic acids is 1. The molecule has 0 amide bonds. The third kappa shape index (κ3) is 2.15. The second kappa shape index (κ2) is 4.66. The first-order valence-electron chi connectivity index (χ1n) is 5.13. The summed E-state index contributed by atoms with van der Waals surface area (Å²) in [6.45, 7) is 1.78. The highest BCUT2D eigenvalue weighted by Gasteiger charge is 2.19. The molecule has 1 aromatic heterocycles. The lowest BCUT2D eigenvalue weighted by molar-refractivity contribution is 0.0660. The van der Waals surface area contributed by atoms with E-state index in [4.69, 9.17) is 21.1 Å². The number of hydrogen-bond acceptors (Lipinski definition) is 3. The van der Waals surface area contributed by atoms with Gasteiger partial charge in [-0.2, -0.15) is 0 Å². The number of hydrogen-bond donors (Lipinski definition) is 1. The highest BCUT2D eigenvalue weighted by atomic mass is 35.5. The summed E-state index contributed by atoms with van der Waals surface area (Å²) in [5.74, 6) is -1.97. The van der Waals surface area contributed by atoms with Crippen molar-refractivity contribution in [3.63, 3.8) is 0 Å². The highest BCUT2D eigenvalue weighted by Crippen LogP contribution is 2.23. The summed E-state index contributed by atoms with van der Waals surface area (Å²) >= 11 is 6.03. The number of carboxylic acid groups (broad SMARTS) is 1. The van der Waals surface area contributed by atoms with Crippen LogP contribution in [0.5, 0.6) is 0 Å². The Labute approximate surface area is 108 Å². The van der Waals surface area contributed by atoms with Gasteiger partial charge >= 0.3 is 5.97 Å². The molecule has 0 radical (unpaired) electrons. The minimum absolute atomic E-state index is 0.0418. The Kier molecular flexibility index (Phi) is 3.21. The maximum absolute atomic E-state index is 12.1. The number of rotatable bonds is 3. The molecule has 0 aliphatic heterocycles. The van der Waals surface area contributed by atoms with Gasteiger partial charge < -0.3 is 9.52 Å². The molecule has 0 bridgehead atoms. The van der Waals surface area contributed by atoms with Crippen LogP contribution in [-0.2, 0) is 0 Å². The molecule has 0 unspecified atom stereocenters. The van der Waals surface area contributed by atoms with E-state index in [1.165, 1.54) is 12.1 Å². The number of halogens is 1. The quantitative estimate of drug-likeness (QED) is 0.865. The van der Waals surface area contributed by atoms with Crippen molar-refractivity contribution in [1.29, 1.82) is 0 Å². The molecule has 1 heterocycles. The number of furan rings is 1. The molecule has 5 heteroatoms. The topological polar surface area (TPSA) is 67.5 Å². The molecule has 18 heavy (non-hydrogen) atoms. The maximum atomic E-state index is 12.1. The van der Waals surface area contributed by atoms with Gasteiger partial charge in [-0.15, -0.1) is 0 Å². The zero-order valence-electron chi connectivity index (χ0n) is 9.44. The van der Waals surface area contributed by atoms with Gasteiger partial charge in [-0.05, 0) is 30.7 Å². The second-order valence-corrected chi connectivity index (χ2v) is 4.11. The Hall–Kier alpha value is -2.07. The van der Waals surface area contributed by atoms with E-state index < -0.39 is 11.8 Å². The molecule has 0 saturated heterocycles. The van der Waals surface area contributed by atoms with Crippen LogP contribution in [0.2, 0.25) is 5.02 Å². The van der Waals surface area contributed by atoms with Crippen molar-refractivity contribution in [2.45, 2.75) is 6.92 Å². The Morgan fingerprint density at radius 2 is 1.83 bits per heavy atom. The van der Waals surface area contributed by atoms with Gasteiger partial charge in [-0.1, -0.05) is 23.7 Å². The van der Waals surface area contributed by atoms with Crippen molar-refractivity contribution in [1.82, 2.24) is 0 Å². The molecule has 2 aromatic rings. The van der Waals surface area contributed by atoms with Crippen LogP contribution in [0.4, 0.5) is 0 Å². The van der Waals surface area contributed by atoms with Gasteiger partial charge in [0.2, 0.25) is 11.5 Å². The number of carboxylic acids is 1. The summed E-state index contributed by atoms with van der Waals surface area (Å²) in [7, 11) is 0. The average molecular weight is 265 g/mol. The molecule has 1 N–H and O–H groups in total. The minimum atomic E-state index is -1.22. The number of ketones is 1. The van der Waals surface area contributed by atoms with E-state index in [1.807, 2.05) is 0 Å². The minimum Gasteiger partial charge on any atom is -0.475 e. The van der Waals surface area contributed by atoms with Gasteiger partial charge in [-0.3, -0.25) is 4.79 Å². The maximum Gasteiger partial charge on any atom is 0.371 e. The van der Waals surface area contributed by atoms with E-state index in [1.54, 1.807) is 25.1 Å². The third-order valence-electron chi connectivity index (χ3n) is 2.48. The summed E-state index contributed by atoms with van der Waals surface area (Å²) in [6.07, 6.45) is 0. The van der Waals surface area contributed by atoms with E-state index in [2.05, 4.69) is 0 Å². The number of carbonyl (C=O) groups is 2. The van der Waals surface area contributed by atoms with E-state index in [9.17, 15) is 9.59 Å². The molecule has 1 aromatic carbocycles. The molecule has 92 valence electrons. The predicted molar refractivity (Wildman–Crippen MR) is 65.3 cm³/mol. The molecule has 0 saturated carbocycles. The fourth-order valence-corrected chi connectivity index (χ4v) is 1.74. The Morgan fingerprint density at radius 3 is 2.44 bits per heavy atom. The molecular weight excluding hydrogens is 256 g/mol. The van der Waals surface area contributed by atoms with Gasteiger partial charge in [0.05, 0.1) is 5.02 Å². The standard InChI is InChI=1S/C13H9ClO4/c1-7-3-2-4-8(11(7)14)12(15)9-5-6-10(18-9)13(16)17/h2-6H,1H3,(H,16,17). The van der Waals surface area contributed by atoms with Gasteiger partial charge in [0.1, 0.15) is 0 Å². The monoisotopic (exact) mass is 264 g/mol. The molecule has 2 rings (SSSR count). The molecule has 0 spiro atoms. The van der Waals surface area contributed by atoms with Crippen molar-refractivity contribution < 1.29 is 19.1 Å². The molecule has 0 atom stereocenters. The zero-order chi connectivity index (χ0) is 13.3. The van der Waals surface area contributed by atoms with Crippen LogP contribution in [0.1, 0.15) is 32.2 Å². The second-order valence-electron chi connectivity index (χ2n) is 3.73. The normalized spacial score (nSPS) is 10.3. The first-order valence-corrected chi connectivity index (χ1v) is 5.51. The van der Waals surface area contributed by atoms with Crippen LogP contribution in [0.25, 0.3) is 0 Å². The van der Waals surface area contributed by atoms with Crippen molar-refractivity contribution in [3.05, 3.63) is 58.0 Å². The van der Waals surface area contributed by atoms with Crippen LogP contribution in [0, 0.1) is 6.92 Å². The number of benzene rings is 1. The van der Waals surface area contributed by atoms with E-state index in [0.717, 1.165) is 5.56 Å². The number of aryl methyl sites for hydroxylation is 1. The van der Waals surface area contributed by atoms with E-state index in [-0.39, 0.29) is 11.5 Å². The largest absolute Gasteiger partial charge is 0.475 e. The number of aromatic carboxylic acids is 1. The average Bonchev–Trinajstić information content (AvgIpc) is 2.81. The first-order chi connectivity index (χ1) is 8.50. The van der Waals surface area contributed by atoms with Crippen molar-refractivity contribution in [3.8, 4) is 0 Å². The SMILES string of the molecule is Cc1cccc(C(=O)c2ccc(C(=O)O)o2)c1Cl. The van der Waals surface area contributed by atoms with Gasteiger partial charge in [0.25, 0.3) is 0 Å². The van der Waals surface area contributed by atoms with Crippen LogP contribution in [0.15, 0.2) is 34.7 Å². The lowest BCUT2D eigenvalue weighted by atomic mass is 10.1. The summed E-state index contributed by atoms with van der Waals surface area (Å²) in [5.41, 5.74) is 1.07. The molecule has 0 fully saturated rings. The van der Waals surface area contributed by atoms with Crippen molar-refractivity contribution in [2.24, 2.45) is 0 Å². The fraction of sp³-hybridized carbons (Fsp3) is 0.0769. The van der Waals surface area contributed by atoms with Gasteiger partial charge in [0, 0.05) is 5.56 Å². The lowest BCUT2D eigenvalue weighted by Gasteiger charge is -2.03. The third-order valence-corrected chi connectivity index (χ3v) is 2.98. The molecular formula is C13H9ClO4. The summed E-state index contributed by atoms with van der Waals surface area (Å²) in [4.78, 5) is 22.7. The molecule has 4 nitrogen and oxygen atoms in total. The summed E-state index contributed by atoms with van der Waals surface area (Å²) < 4.78 is 4.95. The zero-order valence-corrected chi connectivity index (χ0v) is 10.2. The Morgan fingerprint density at radius 1 is 1.17 bits per heavy atom. The van der Waals surface area contributed by atoms with Crippen molar-refractivity contribution >= 4 is 23.4 Å². The summed E-state index contributed by atoms with van der Waals surface area (Å²) in [6, 6.07) is 7.61. The van der Waals surface area contributed by atoms with Gasteiger partial charge in [-0.25, -0.2) is 4.79 Å². The highest BCUT2D eigenvalue weighted by molar-refractivity contribution is 6.35. The van der Waals surface area contributed by atoms with Crippen LogP contribution >= 0.6 is 11.6 Å². The fourth-order valence-electron chi connectivity index (χ4n) is 1.53. The van der Waals surface area contributed by atoms with Gasteiger partial charge in [0.15, 0.2) is 5.76 Å². The van der Waals surface area contributed by atoms with E-state index >= 15 is 0 Å². The lowest BCUT2D eigenvalue weighted by Crippen LogP contribution is -2.02. The predicted octanol–water partition coefficient (Wildman–Crippen LogP) is 3.17.